The molecule has 1 aromatic carbocycles. The predicted octanol–water partition coefficient (Wildman–Crippen LogP) is 2.96. The van der Waals surface area contributed by atoms with Crippen LogP contribution in [0.4, 0.5) is 0 Å². The van der Waals surface area contributed by atoms with Crippen LogP contribution in [0.25, 0.3) is 10.9 Å². The molecule has 0 aliphatic carbocycles. The number of hydrogen-bond acceptors (Lipinski definition) is 2. The molecule has 2 rings (SSSR count). The minimum absolute atomic E-state index is 0.970. The summed E-state index contributed by atoms with van der Waals surface area (Å²) in [5, 5.41) is 1.36. The molecule has 0 fully saturated rings. The highest BCUT2D eigenvalue weighted by atomic mass is 32.1. The van der Waals surface area contributed by atoms with Crippen LogP contribution < -0.4 is 0 Å². The SMILES string of the molecule is CN(CCCS)CCc1c[nH]c2ccccc12. The van der Waals surface area contributed by atoms with Crippen molar-refractivity contribution in [1.29, 1.82) is 0 Å². The molecule has 0 unspecified atom stereocenters. The largest absolute Gasteiger partial charge is 0.361 e. The second-order valence-corrected chi connectivity index (χ2v) is 4.94. The molecule has 92 valence electrons. The summed E-state index contributed by atoms with van der Waals surface area (Å²) < 4.78 is 0. The molecule has 0 atom stereocenters. The van der Waals surface area contributed by atoms with Gasteiger partial charge in [0.25, 0.3) is 0 Å². The number of rotatable bonds is 6. The Kier molecular flexibility index (Phi) is 4.51. The fraction of sp³-hybridized carbons (Fsp3) is 0.429. The van der Waals surface area contributed by atoms with E-state index in [-0.39, 0.29) is 0 Å². The minimum atomic E-state index is 0.970. The maximum atomic E-state index is 4.24. The summed E-state index contributed by atoms with van der Waals surface area (Å²) in [5.74, 6) is 0.970. The number of benzene rings is 1. The number of H-pyrrole nitrogens is 1. The van der Waals surface area contributed by atoms with Gasteiger partial charge in [0.05, 0.1) is 0 Å². The first-order chi connectivity index (χ1) is 8.31. The van der Waals surface area contributed by atoms with Gasteiger partial charge in [-0.05, 0) is 43.8 Å². The van der Waals surface area contributed by atoms with Gasteiger partial charge in [0, 0.05) is 23.6 Å². The summed E-state index contributed by atoms with van der Waals surface area (Å²) in [5.41, 5.74) is 2.65. The number of likely N-dealkylation sites (N-methyl/N-ethyl adjacent to an activating group) is 1. The lowest BCUT2D eigenvalue weighted by Crippen LogP contribution is -2.22. The number of fused-ring (bicyclic) bond motifs is 1. The van der Waals surface area contributed by atoms with E-state index in [4.69, 9.17) is 0 Å². The highest BCUT2D eigenvalue weighted by Crippen LogP contribution is 2.18. The Bertz CT molecular complexity index is 464. The van der Waals surface area contributed by atoms with E-state index in [1.54, 1.807) is 0 Å². The van der Waals surface area contributed by atoms with Crippen LogP contribution >= 0.6 is 12.6 Å². The molecule has 1 N–H and O–H groups in total. The third-order valence-corrected chi connectivity index (χ3v) is 3.45. The Hall–Kier alpha value is -0.930. The van der Waals surface area contributed by atoms with Crippen LogP contribution in [0.3, 0.4) is 0 Å². The van der Waals surface area contributed by atoms with Crippen molar-refractivity contribution in [3.63, 3.8) is 0 Å². The molecule has 0 saturated heterocycles. The van der Waals surface area contributed by atoms with Crippen molar-refractivity contribution in [3.8, 4) is 0 Å². The van der Waals surface area contributed by atoms with Crippen LogP contribution in [0.2, 0.25) is 0 Å². The molecular formula is C14H20N2S. The number of nitrogens with zero attached hydrogens (tertiary/aromatic N) is 1. The number of para-hydroxylation sites is 1. The molecule has 0 aliphatic heterocycles. The van der Waals surface area contributed by atoms with Gasteiger partial charge in [-0.1, -0.05) is 18.2 Å². The number of aromatic amines is 1. The van der Waals surface area contributed by atoms with E-state index in [1.807, 2.05) is 0 Å². The Morgan fingerprint density at radius 1 is 1.24 bits per heavy atom. The minimum Gasteiger partial charge on any atom is -0.361 e. The van der Waals surface area contributed by atoms with E-state index in [0.717, 1.165) is 31.7 Å². The Balaban J connectivity index is 1.95. The summed E-state index contributed by atoms with van der Waals surface area (Å²) in [6.07, 6.45) is 4.40. The van der Waals surface area contributed by atoms with Gasteiger partial charge < -0.3 is 9.88 Å². The smallest absolute Gasteiger partial charge is 0.0456 e. The summed E-state index contributed by atoms with van der Waals surface area (Å²) in [7, 11) is 2.18. The van der Waals surface area contributed by atoms with E-state index in [0.29, 0.717) is 0 Å². The van der Waals surface area contributed by atoms with Gasteiger partial charge in [0.15, 0.2) is 0 Å². The maximum Gasteiger partial charge on any atom is 0.0456 e. The number of nitrogens with one attached hydrogen (secondary N) is 1. The van der Waals surface area contributed by atoms with Crippen LogP contribution in [0.1, 0.15) is 12.0 Å². The summed E-state index contributed by atoms with van der Waals surface area (Å²) in [6.45, 7) is 2.24. The van der Waals surface area contributed by atoms with Crippen LogP contribution in [-0.4, -0.2) is 35.8 Å². The Morgan fingerprint density at radius 2 is 2.06 bits per heavy atom. The molecule has 3 heteroatoms. The molecular weight excluding hydrogens is 228 g/mol. The van der Waals surface area contributed by atoms with Crippen molar-refractivity contribution in [3.05, 3.63) is 36.0 Å². The average Bonchev–Trinajstić information content (AvgIpc) is 2.77. The average molecular weight is 248 g/mol. The zero-order chi connectivity index (χ0) is 12.1. The summed E-state index contributed by atoms with van der Waals surface area (Å²) in [4.78, 5) is 5.70. The molecule has 0 spiro atoms. The van der Waals surface area contributed by atoms with Gasteiger partial charge in [-0.3, -0.25) is 0 Å². The second-order valence-electron chi connectivity index (χ2n) is 4.49. The quantitative estimate of drug-likeness (QED) is 0.753. The molecule has 1 heterocycles. The number of hydrogen-bond donors (Lipinski definition) is 2. The topological polar surface area (TPSA) is 19.0 Å². The van der Waals surface area contributed by atoms with E-state index in [2.05, 4.69) is 60.0 Å². The first kappa shape index (κ1) is 12.5. The molecule has 0 amide bonds. The maximum absolute atomic E-state index is 4.24. The first-order valence-electron chi connectivity index (χ1n) is 6.15. The fourth-order valence-electron chi connectivity index (χ4n) is 2.10. The third kappa shape index (κ3) is 3.27. The number of thiol groups is 1. The monoisotopic (exact) mass is 248 g/mol. The highest BCUT2D eigenvalue weighted by Gasteiger charge is 2.04. The van der Waals surface area contributed by atoms with Crippen molar-refractivity contribution in [2.75, 3.05) is 25.9 Å². The van der Waals surface area contributed by atoms with Gasteiger partial charge in [0.2, 0.25) is 0 Å². The molecule has 0 radical (unpaired) electrons. The predicted molar refractivity (Wildman–Crippen MR) is 78.0 cm³/mol. The standard InChI is InChI=1S/C14H20N2S/c1-16(8-4-10-17)9-7-12-11-15-14-6-3-2-5-13(12)14/h2-3,5-6,11,15,17H,4,7-10H2,1H3. The molecule has 1 aromatic heterocycles. The van der Waals surface area contributed by atoms with Crippen molar-refractivity contribution >= 4 is 23.5 Å². The summed E-state index contributed by atoms with van der Waals surface area (Å²) >= 11 is 4.24. The van der Waals surface area contributed by atoms with Gasteiger partial charge in [-0.25, -0.2) is 0 Å². The van der Waals surface area contributed by atoms with E-state index in [9.17, 15) is 0 Å². The van der Waals surface area contributed by atoms with Crippen LogP contribution in [0.5, 0.6) is 0 Å². The highest BCUT2D eigenvalue weighted by molar-refractivity contribution is 7.80. The van der Waals surface area contributed by atoms with E-state index < -0.39 is 0 Å². The van der Waals surface area contributed by atoms with Crippen molar-refractivity contribution in [2.45, 2.75) is 12.8 Å². The molecule has 2 aromatic rings. The van der Waals surface area contributed by atoms with Crippen molar-refractivity contribution in [1.82, 2.24) is 9.88 Å². The molecule has 17 heavy (non-hydrogen) atoms. The van der Waals surface area contributed by atoms with Crippen molar-refractivity contribution < 1.29 is 0 Å². The van der Waals surface area contributed by atoms with Crippen LogP contribution in [0.15, 0.2) is 30.5 Å². The normalized spacial score (nSPS) is 11.5. The fourth-order valence-corrected chi connectivity index (χ4v) is 2.24. The second kappa shape index (κ2) is 6.12. The zero-order valence-corrected chi connectivity index (χ0v) is 11.2. The molecule has 0 bridgehead atoms. The van der Waals surface area contributed by atoms with Gasteiger partial charge >= 0.3 is 0 Å². The van der Waals surface area contributed by atoms with Gasteiger partial charge in [-0.15, -0.1) is 0 Å². The lowest BCUT2D eigenvalue weighted by molar-refractivity contribution is 0.340. The van der Waals surface area contributed by atoms with Crippen LogP contribution in [-0.2, 0) is 6.42 Å². The third-order valence-electron chi connectivity index (χ3n) is 3.14. The van der Waals surface area contributed by atoms with E-state index in [1.165, 1.54) is 16.5 Å². The number of aromatic nitrogens is 1. The zero-order valence-electron chi connectivity index (χ0n) is 10.3. The molecule has 0 saturated carbocycles. The molecule has 0 aliphatic rings. The van der Waals surface area contributed by atoms with E-state index >= 15 is 0 Å². The Morgan fingerprint density at radius 3 is 2.88 bits per heavy atom. The van der Waals surface area contributed by atoms with Crippen molar-refractivity contribution in [2.24, 2.45) is 0 Å². The summed E-state index contributed by atoms with van der Waals surface area (Å²) in [6, 6.07) is 8.49. The lowest BCUT2D eigenvalue weighted by atomic mass is 10.1. The molecule has 2 nitrogen and oxygen atoms in total. The van der Waals surface area contributed by atoms with Crippen LogP contribution in [0, 0.1) is 0 Å². The first-order valence-corrected chi connectivity index (χ1v) is 6.79. The van der Waals surface area contributed by atoms with Gasteiger partial charge in [0.1, 0.15) is 0 Å². The Labute approximate surface area is 108 Å². The van der Waals surface area contributed by atoms with Gasteiger partial charge in [-0.2, -0.15) is 12.6 Å². The lowest BCUT2D eigenvalue weighted by Gasteiger charge is -2.15.